The number of hydrogen-bond donors (Lipinski definition) is 1. The summed E-state index contributed by atoms with van der Waals surface area (Å²) in [6, 6.07) is 0.171. The van der Waals surface area contributed by atoms with E-state index in [1.165, 1.54) is 0 Å². The molecule has 5 heteroatoms. The molecule has 2 N–H and O–H groups in total. The van der Waals surface area contributed by atoms with Gasteiger partial charge in [-0.2, -0.15) is 0 Å². The van der Waals surface area contributed by atoms with Crippen LogP contribution in [-0.4, -0.2) is 37.6 Å². The van der Waals surface area contributed by atoms with E-state index in [4.69, 9.17) is 5.73 Å². The summed E-state index contributed by atoms with van der Waals surface area (Å²) < 4.78 is 26.1. The highest BCUT2D eigenvalue weighted by molar-refractivity contribution is 7.89. The second kappa shape index (κ2) is 5.88. The van der Waals surface area contributed by atoms with E-state index in [1.807, 2.05) is 6.92 Å². The lowest BCUT2D eigenvalue weighted by Gasteiger charge is -2.33. The largest absolute Gasteiger partial charge is 0.328 e. The van der Waals surface area contributed by atoms with Crippen LogP contribution in [0.2, 0.25) is 0 Å². The van der Waals surface area contributed by atoms with E-state index in [0.717, 1.165) is 12.8 Å². The zero-order valence-corrected chi connectivity index (χ0v) is 13.0. The van der Waals surface area contributed by atoms with Gasteiger partial charge < -0.3 is 5.73 Å². The highest BCUT2D eigenvalue weighted by atomic mass is 32.2. The fraction of sp³-hybridized carbons (Fsp3) is 1.00. The molecule has 18 heavy (non-hydrogen) atoms. The minimum absolute atomic E-state index is 0.0666. The second-order valence-corrected chi connectivity index (χ2v) is 8.81. The molecule has 0 amide bonds. The van der Waals surface area contributed by atoms with Crippen molar-refractivity contribution in [1.82, 2.24) is 4.31 Å². The van der Waals surface area contributed by atoms with Crippen LogP contribution < -0.4 is 5.73 Å². The fourth-order valence-electron chi connectivity index (χ4n) is 2.24. The van der Waals surface area contributed by atoms with Crippen LogP contribution in [0.25, 0.3) is 0 Å². The SMILES string of the molecule is CC(N)C1CCN(S(=O)(=O)CCC(C)(C)C)CC1. The van der Waals surface area contributed by atoms with Gasteiger partial charge in [0.1, 0.15) is 0 Å². The molecule has 0 bridgehead atoms. The lowest BCUT2D eigenvalue weighted by Crippen LogP contribution is -2.43. The molecule has 108 valence electrons. The number of nitrogens with two attached hydrogens (primary N) is 1. The van der Waals surface area contributed by atoms with E-state index in [0.29, 0.717) is 25.4 Å². The first-order valence-electron chi connectivity index (χ1n) is 6.85. The summed E-state index contributed by atoms with van der Waals surface area (Å²) in [6.07, 6.45) is 2.50. The molecule has 0 aromatic rings. The number of piperidine rings is 1. The van der Waals surface area contributed by atoms with Crippen molar-refractivity contribution in [2.45, 2.75) is 53.0 Å². The quantitative estimate of drug-likeness (QED) is 0.852. The van der Waals surface area contributed by atoms with Gasteiger partial charge in [-0.15, -0.1) is 0 Å². The molecule has 1 unspecified atom stereocenters. The van der Waals surface area contributed by atoms with E-state index in [2.05, 4.69) is 20.8 Å². The van der Waals surface area contributed by atoms with Crippen molar-refractivity contribution in [2.24, 2.45) is 17.1 Å². The second-order valence-electron chi connectivity index (χ2n) is 6.72. The molecule has 0 aromatic carbocycles. The molecular formula is C13H28N2O2S. The summed E-state index contributed by atoms with van der Waals surface area (Å²) in [5.41, 5.74) is 5.94. The van der Waals surface area contributed by atoms with Gasteiger partial charge in [-0.05, 0) is 37.5 Å². The maximum atomic E-state index is 12.2. The Bertz CT molecular complexity index is 350. The Labute approximate surface area is 112 Å². The molecule has 4 nitrogen and oxygen atoms in total. The van der Waals surface area contributed by atoms with Gasteiger partial charge in [0.2, 0.25) is 10.0 Å². The summed E-state index contributed by atoms with van der Waals surface area (Å²) in [5, 5.41) is 0. The standard InChI is InChI=1S/C13H28N2O2S/c1-11(14)12-5-8-15(9-6-12)18(16,17)10-7-13(2,3)4/h11-12H,5-10,14H2,1-4H3. The van der Waals surface area contributed by atoms with Crippen molar-refractivity contribution in [3.8, 4) is 0 Å². The van der Waals surface area contributed by atoms with Crippen molar-refractivity contribution in [3.05, 3.63) is 0 Å². The Morgan fingerprint density at radius 2 is 1.78 bits per heavy atom. The lowest BCUT2D eigenvalue weighted by atomic mass is 9.92. The molecule has 1 atom stereocenters. The van der Waals surface area contributed by atoms with E-state index in [9.17, 15) is 8.42 Å². The van der Waals surface area contributed by atoms with Crippen LogP contribution in [-0.2, 0) is 10.0 Å². The summed E-state index contributed by atoms with van der Waals surface area (Å²) in [6.45, 7) is 9.51. The predicted molar refractivity (Wildman–Crippen MR) is 75.8 cm³/mol. The molecule has 1 saturated heterocycles. The van der Waals surface area contributed by atoms with Crippen molar-refractivity contribution >= 4 is 10.0 Å². The zero-order valence-electron chi connectivity index (χ0n) is 12.1. The van der Waals surface area contributed by atoms with Crippen LogP contribution >= 0.6 is 0 Å². The molecule has 1 aliphatic heterocycles. The minimum Gasteiger partial charge on any atom is -0.328 e. The smallest absolute Gasteiger partial charge is 0.214 e. The molecular weight excluding hydrogens is 248 g/mol. The molecule has 0 radical (unpaired) electrons. The minimum atomic E-state index is -3.07. The van der Waals surface area contributed by atoms with Gasteiger partial charge in [0.05, 0.1) is 5.75 Å². The average Bonchev–Trinajstić information content (AvgIpc) is 2.26. The van der Waals surface area contributed by atoms with Crippen molar-refractivity contribution < 1.29 is 8.42 Å². The lowest BCUT2D eigenvalue weighted by molar-refractivity contribution is 0.249. The highest BCUT2D eigenvalue weighted by Crippen LogP contribution is 2.24. The summed E-state index contributed by atoms with van der Waals surface area (Å²) >= 11 is 0. The van der Waals surface area contributed by atoms with Crippen molar-refractivity contribution in [1.29, 1.82) is 0 Å². The van der Waals surface area contributed by atoms with Gasteiger partial charge >= 0.3 is 0 Å². The summed E-state index contributed by atoms with van der Waals surface area (Å²) in [5.74, 6) is 0.735. The Morgan fingerprint density at radius 3 is 2.17 bits per heavy atom. The maximum Gasteiger partial charge on any atom is 0.214 e. The molecule has 1 rings (SSSR count). The predicted octanol–water partition coefficient (Wildman–Crippen LogP) is 1.81. The molecule has 0 aromatic heterocycles. The van der Waals surface area contributed by atoms with Crippen LogP contribution in [0.5, 0.6) is 0 Å². The molecule has 1 aliphatic rings. The van der Waals surface area contributed by atoms with Gasteiger partial charge in [0.15, 0.2) is 0 Å². The van der Waals surface area contributed by atoms with Crippen LogP contribution in [0, 0.1) is 11.3 Å². The molecule has 1 fully saturated rings. The van der Waals surface area contributed by atoms with Crippen LogP contribution in [0.4, 0.5) is 0 Å². The topological polar surface area (TPSA) is 63.4 Å². The first kappa shape index (κ1) is 15.9. The van der Waals surface area contributed by atoms with Crippen molar-refractivity contribution in [2.75, 3.05) is 18.8 Å². The van der Waals surface area contributed by atoms with Crippen LogP contribution in [0.1, 0.15) is 47.0 Å². The van der Waals surface area contributed by atoms with Gasteiger partial charge in [0.25, 0.3) is 0 Å². The van der Waals surface area contributed by atoms with Crippen LogP contribution in [0.3, 0.4) is 0 Å². The van der Waals surface area contributed by atoms with E-state index < -0.39 is 10.0 Å². The third-order valence-corrected chi connectivity index (χ3v) is 5.62. The average molecular weight is 276 g/mol. The number of rotatable bonds is 4. The van der Waals surface area contributed by atoms with Gasteiger partial charge in [-0.25, -0.2) is 12.7 Å². The summed E-state index contributed by atoms with van der Waals surface area (Å²) in [4.78, 5) is 0. The Hall–Kier alpha value is -0.130. The first-order chi connectivity index (χ1) is 8.12. The van der Waals surface area contributed by atoms with E-state index >= 15 is 0 Å². The first-order valence-corrected chi connectivity index (χ1v) is 8.46. The monoisotopic (exact) mass is 276 g/mol. The number of hydrogen-bond acceptors (Lipinski definition) is 3. The van der Waals surface area contributed by atoms with E-state index in [-0.39, 0.29) is 17.2 Å². The summed E-state index contributed by atoms with van der Waals surface area (Å²) in [7, 11) is -3.07. The third-order valence-electron chi connectivity index (χ3n) is 3.75. The number of sulfonamides is 1. The van der Waals surface area contributed by atoms with Crippen molar-refractivity contribution in [3.63, 3.8) is 0 Å². The van der Waals surface area contributed by atoms with E-state index in [1.54, 1.807) is 4.31 Å². The Balaban J connectivity index is 2.51. The maximum absolute atomic E-state index is 12.2. The molecule has 0 saturated carbocycles. The Morgan fingerprint density at radius 1 is 1.28 bits per heavy atom. The van der Waals surface area contributed by atoms with Gasteiger partial charge in [-0.1, -0.05) is 20.8 Å². The third kappa shape index (κ3) is 4.86. The number of nitrogens with zero attached hydrogens (tertiary/aromatic N) is 1. The van der Waals surface area contributed by atoms with Gasteiger partial charge in [0, 0.05) is 19.1 Å². The zero-order chi connectivity index (χ0) is 14.0. The molecule has 1 heterocycles. The molecule has 0 spiro atoms. The highest BCUT2D eigenvalue weighted by Gasteiger charge is 2.29. The normalized spacial score (nSPS) is 22.1. The Kier molecular flexibility index (Phi) is 5.21. The fourth-order valence-corrected chi connectivity index (χ4v) is 4.14. The van der Waals surface area contributed by atoms with Crippen LogP contribution in [0.15, 0.2) is 0 Å². The van der Waals surface area contributed by atoms with Gasteiger partial charge in [-0.3, -0.25) is 0 Å². The molecule has 0 aliphatic carbocycles.